The molecule has 0 aliphatic carbocycles. The first kappa shape index (κ1) is 16.4. The molecular formula is C16H16F3N3O2. The Morgan fingerprint density at radius 3 is 2.54 bits per heavy atom. The van der Waals surface area contributed by atoms with Crippen molar-refractivity contribution in [1.29, 1.82) is 0 Å². The summed E-state index contributed by atoms with van der Waals surface area (Å²) >= 11 is 0. The molecule has 3 rings (SSSR count). The van der Waals surface area contributed by atoms with Crippen LogP contribution in [-0.4, -0.2) is 24.2 Å². The number of benzene rings is 1. The van der Waals surface area contributed by atoms with E-state index >= 15 is 0 Å². The predicted molar refractivity (Wildman–Crippen MR) is 82.1 cm³/mol. The number of carbonyl (C=O) groups excluding carboxylic acids is 1. The van der Waals surface area contributed by atoms with E-state index in [0.717, 1.165) is 38.1 Å². The van der Waals surface area contributed by atoms with Crippen LogP contribution in [0.25, 0.3) is 0 Å². The molecule has 1 saturated heterocycles. The Balaban J connectivity index is 1.94. The third kappa shape index (κ3) is 3.37. The molecule has 0 saturated carbocycles. The molecule has 8 heteroatoms. The van der Waals surface area contributed by atoms with E-state index in [-0.39, 0.29) is 11.4 Å². The van der Waals surface area contributed by atoms with E-state index < -0.39 is 17.6 Å². The fraction of sp³-hybridized carbons (Fsp3) is 0.375. The number of aryl methyl sites for hydroxylation is 1. The normalized spacial score (nSPS) is 14.9. The van der Waals surface area contributed by atoms with Gasteiger partial charge in [-0.15, -0.1) is 0 Å². The number of rotatable bonds is 3. The Morgan fingerprint density at radius 2 is 1.96 bits per heavy atom. The SMILES string of the molecule is Cc1cc(C(=O)Nc2cc(C(F)(F)F)ccc2N2CCCC2)no1. The van der Waals surface area contributed by atoms with Crippen molar-refractivity contribution < 1.29 is 22.5 Å². The molecule has 128 valence electrons. The Morgan fingerprint density at radius 1 is 1.25 bits per heavy atom. The lowest BCUT2D eigenvalue weighted by Gasteiger charge is -2.22. The van der Waals surface area contributed by atoms with Crippen molar-refractivity contribution in [3.05, 3.63) is 41.3 Å². The number of nitrogens with zero attached hydrogens (tertiary/aromatic N) is 2. The molecule has 1 amide bonds. The van der Waals surface area contributed by atoms with Crippen molar-refractivity contribution in [3.8, 4) is 0 Å². The number of carbonyl (C=O) groups is 1. The van der Waals surface area contributed by atoms with E-state index in [0.29, 0.717) is 11.4 Å². The molecule has 0 spiro atoms. The first-order valence-corrected chi connectivity index (χ1v) is 7.55. The summed E-state index contributed by atoms with van der Waals surface area (Å²) in [6.45, 7) is 3.12. The van der Waals surface area contributed by atoms with E-state index in [1.165, 1.54) is 12.1 Å². The van der Waals surface area contributed by atoms with Gasteiger partial charge in [-0.1, -0.05) is 5.16 Å². The van der Waals surface area contributed by atoms with Gasteiger partial charge in [0, 0.05) is 19.2 Å². The maximum Gasteiger partial charge on any atom is 0.416 e. The predicted octanol–water partition coefficient (Wildman–Crippen LogP) is 3.85. The number of anilines is 2. The molecule has 0 bridgehead atoms. The second kappa shape index (κ2) is 6.18. The smallest absolute Gasteiger partial charge is 0.370 e. The number of aromatic nitrogens is 1. The third-order valence-corrected chi connectivity index (χ3v) is 3.88. The quantitative estimate of drug-likeness (QED) is 0.923. The van der Waals surface area contributed by atoms with E-state index in [1.807, 2.05) is 4.90 Å². The molecule has 0 radical (unpaired) electrons. The maximum atomic E-state index is 13.0. The Labute approximate surface area is 136 Å². The summed E-state index contributed by atoms with van der Waals surface area (Å²) in [5.74, 6) is -0.157. The van der Waals surface area contributed by atoms with Gasteiger partial charge in [-0.3, -0.25) is 4.79 Å². The molecule has 2 aromatic rings. The second-order valence-electron chi connectivity index (χ2n) is 5.70. The van der Waals surface area contributed by atoms with E-state index in [1.54, 1.807) is 6.92 Å². The highest BCUT2D eigenvalue weighted by molar-refractivity contribution is 6.04. The van der Waals surface area contributed by atoms with Gasteiger partial charge in [0.1, 0.15) is 5.76 Å². The van der Waals surface area contributed by atoms with Gasteiger partial charge in [0.25, 0.3) is 5.91 Å². The number of nitrogens with one attached hydrogen (secondary N) is 1. The van der Waals surface area contributed by atoms with Crippen molar-refractivity contribution in [2.75, 3.05) is 23.3 Å². The Bertz CT molecular complexity index is 749. The van der Waals surface area contributed by atoms with Crippen LogP contribution in [0.3, 0.4) is 0 Å². The van der Waals surface area contributed by atoms with Crippen molar-refractivity contribution in [3.63, 3.8) is 0 Å². The van der Waals surface area contributed by atoms with Gasteiger partial charge in [0.05, 0.1) is 16.9 Å². The van der Waals surface area contributed by atoms with Gasteiger partial charge in [-0.25, -0.2) is 0 Å². The summed E-state index contributed by atoms with van der Waals surface area (Å²) < 4.78 is 43.8. The van der Waals surface area contributed by atoms with E-state index in [9.17, 15) is 18.0 Å². The topological polar surface area (TPSA) is 58.4 Å². The second-order valence-corrected chi connectivity index (χ2v) is 5.70. The molecular weight excluding hydrogens is 323 g/mol. The van der Waals surface area contributed by atoms with Gasteiger partial charge in [0.2, 0.25) is 0 Å². The molecule has 1 fully saturated rings. The molecule has 24 heavy (non-hydrogen) atoms. The highest BCUT2D eigenvalue weighted by Gasteiger charge is 2.32. The minimum absolute atomic E-state index is 0.0253. The number of hydrogen-bond acceptors (Lipinski definition) is 4. The fourth-order valence-corrected chi connectivity index (χ4v) is 2.71. The van der Waals surface area contributed by atoms with Crippen LogP contribution >= 0.6 is 0 Å². The first-order chi connectivity index (χ1) is 11.3. The van der Waals surface area contributed by atoms with Crippen LogP contribution in [-0.2, 0) is 6.18 Å². The third-order valence-electron chi connectivity index (χ3n) is 3.88. The summed E-state index contributed by atoms with van der Waals surface area (Å²) in [4.78, 5) is 14.2. The van der Waals surface area contributed by atoms with Crippen LogP contribution in [0, 0.1) is 6.92 Å². The minimum Gasteiger partial charge on any atom is -0.370 e. The number of hydrogen-bond donors (Lipinski definition) is 1. The number of halogens is 3. The van der Waals surface area contributed by atoms with E-state index in [4.69, 9.17) is 4.52 Å². The maximum absolute atomic E-state index is 13.0. The standard InChI is InChI=1S/C16H16F3N3O2/c1-10-8-13(21-24-10)15(23)20-12-9-11(16(17,18)19)4-5-14(12)22-6-2-3-7-22/h4-5,8-9H,2-3,6-7H2,1H3,(H,20,23). The molecule has 1 aromatic carbocycles. The average Bonchev–Trinajstić information content (AvgIpc) is 3.17. The van der Waals surface area contributed by atoms with Crippen molar-refractivity contribution in [2.24, 2.45) is 0 Å². The largest absolute Gasteiger partial charge is 0.416 e. The van der Waals surface area contributed by atoms with Crippen molar-refractivity contribution >= 4 is 17.3 Å². The summed E-state index contributed by atoms with van der Waals surface area (Å²) in [5, 5.41) is 6.11. The van der Waals surface area contributed by atoms with Crippen LogP contribution in [0.1, 0.15) is 34.7 Å². The van der Waals surface area contributed by atoms with Gasteiger partial charge in [0.15, 0.2) is 5.69 Å². The fourth-order valence-electron chi connectivity index (χ4n) is 2.71. The van der Waals surface area contributed by atoms with Crippen LogP contribution in [0.15, 0.2) is 28.8 Å². The van der Waals surface area contributed by atoms with Gasteiger partial charge in [-0.2, -0.15) is 13.2 Å². The number of alkyl halides is 3. The molecule has 0 unspecified atom stereocenters. The molecule has 2 heterocycles. The summed E-state index contributed by atoms with van der Waals surface area (Å²) in [7, 11) is 0. The van der Waals surface area contributed by atoms with Crippen molar-refractivity contribution in [2.45, 2.75) is 25.9 Å². The van der Waals surface area contributed by atoms with Crippen LogP contribution in [0.4, 0.5) is 24.5 Å². The van der Waals surface area contributed by atoms with Crippen molar-refractivity contribution in [1.82, 2.24) is 5.16 Å². The zero-order valence-corrected chi connectivity index (χ0v) is 13.0. The number of amides is 1. The molecule has 0 atom stereocenters. The van der Waals surface area contributed by atoms with Gasteiger partial charge < -0.3 is 14.7 Å². The van der Waals surface area contributed by atoms with Crippen LogP contribution in [0.5, 0.6) is 0 Å². The zero-order valence-electron chi connectivity index (χ0n) is 13.0. The molecule has 1 N–H and O–H groups in total. The Hall–Kier alpha value is -2.51. The minimum atomic E-state index is -4.48. The van der Waals surface area contributed by atoms with Crippen LogP contribution < -0.4 is 10.2 Å². The highest BCUT2D eigenvalue weighted by Crippen LogP contribution is 2.36. The van der Waals surface area contributed by atoms with Gasteiger partial charge in [-0.05, 0) is 38.0 Å². The molecule has 1 aliphatic heterocycles. The molecule has 1 aliphatic rings. The summed E-state index contributed by atoms with van der Waals surface area (Å²) in [5.41, 5.74) is -0.0826. The first-order valence-electron chi connectivity index (χ1n) is 7.55. The lowest BCUT2D eigenvalue weighted by molar-refractivity contribution is -0.137. The van der Waals surface area contributed by atoms with Crippen LogP contribution in [0.2, 0.25) is 0 Å². The van der Waals surface area contributed by atoms with E-state index in [2.05, 4.69) is 10.5 Å². The van der Waals surface area contributed by atoms with Gasteiger partial charge >= 0.3 is 6.18 Å². The highest BCUT2D eigenvalue weighted by atomic mass is 19.4. The average molecular weight is 339 g/mol. The monoisotopic (exact) mass is 339 g/mol. The lowest BCUT2D eigenvalue weighted by atomic mass is 10.1. The molecule has 5 nitrogen and oxygen atoms in total. The lowest BCUT2D eigenvalue weighted by Crippen LogP contribution is -2.22. The summed E-state index contributed by atoms with van der Waals surface area (Å²) in [6, 6.07) is 4.82. The molecule has 1 aromatic heterocycles. The Kier molecular flexibility index (Phi) is 4.21. The summed E-state index contributed by atoms with van der Waals surface area (Å²) in [6.07, 6.45) is -2.54. The zero-order chi connectivity index (χ0) is 17.3.